The third-order valence-corrected chi connectivity index (χ3v) is 8.27. The van der Waals surface area contributed by atoms with Crippen LogP contribution >= 0.6 is 0 Å². The van der Waals surface area contributed by atoms with Gasteiger partial charge in [0.1, 0.15) is 5.65 Å². The van der Waals surface area contributed by atoms with E-state index in [2.05, 4.69) is 15.3 Å². The van der Waals surface area contributed by atoms with Crippen molar-refractivity contribution in [2.24, 2.45) is 0 Å². The molecule has 1 amide bonds. The number of aryl methyl sites for hydroxylation is 1. The summed E-state index contributed by atoms with van der Waals surface area (Å²) in [5.74, 6) is 0.357. The fourth-order valence-corrected chi connectivity index (χ4v) is 5.18. The summed E-state index contributed by atoms with van der Waals surface area (Å²) < 4.78 is 31.0. The van der Waals surface area contributed by atoms with E-state index in [9.17, 15) is 13.2 Å². The van der Waals surface area contributed by atoms with Crippen LogP contribution in [0, 0.1) is 6.92 Å². The molecule has 1 atom stereocenters. The lowest BCUT2D eigenvalue weighted by Gasteiger charge is -2.20. The van der Waals surface area contributed by atoms with Gasteiger partial charge in [0.2, 0.25) is 5.91 Å². The second-order valence-electron chi connectivity index (χ2n) is 9.28. The number of fused-ring (bicyclic) bond motifs is 3. The number of carbonyl (C=O) groups is 1. The van der Waals surface area contributed by atoms with E-state index in [0.29, 0.717) is 29.0 Å². The van der Waals surface area contributed by atoms with E-state index in [0.717, 1.165) is 27.5 Å². The number of nitrogens with one attached hydrogen (secondary N) is 2. The highest BCUT2D eigenvalue weighted by molar-refractivity contribution is 7.91. The highest BCUT2D eigenvalue weighted by Crippen LogP contribution is 2.44. The molecule has 8 nitrogen and oxygen atoms in total. The van der Waals surface area contributed by atoms with Gasteiger partial charge in [-0.3, -0.25) is 4.79 Å². The van der Waals surface area contributed by atoms with Crippen molar-refractivity contribution < 1.29 is 17.9 Å². The topological polar surface area (TPSA) is 104 Å². The van der Waals surface area contributed by atoms with Gasteiger partial charge in [-0.15, -0.1) is 0 Å². The van der Waals surface area contributed by atoms with Crippen LogP contribution in [0.2, 0.25) is 0 Å². The molecule has 2 aromatic heterocycles. The van der Waals surface area contributed by atoms with Gasteiger partial charge in [0, 0.05) is 29.4 Å². The average Bonchev–Trinajstić information content (AvgIpc) is 3.21. The lowest BCUT2D eigenvalue weighted by Crippen LogP contribution is -2.29. The van der Waals surface area contributed by atoms with Gasteiger partial charge in [0.05, 0.1) is 29.0 Å². The average molecular weight is 509 g/mol. The number of benzene rings is 2. The number of methoxy groups -OCH3 is 1. The van der Waals surface area contributed by atoms with E-state index >= 15 is 0 Å². The number of aromatic nitrogens is 2. The molecule has 0 aliphatic carbocycles. The van der Waals surface area contributed by atoms with Crippen LogP contribution < -0.4 is 10.1 Å². The fraction of sp³-hybridized carbons (Fsp3) is 0.333. The molecule has 4 rings (SSSR count). The number of amides is 1. The molecule has 0 aliphatic rings. The first kappa shape index (κ1) is 25.7. The zero-order valence-electron chi connectivity index (χ0n) is 21.5. The van der Waals surface area contributed by atoms with Gasteiger partial charge in [-0.1, -0.05) is 19.1 Å². The lowest BCUT2D eigenvalue weighted by atomic mass is 9.98. The van der Waals surface area contributed by atoms with Crippen molar-refractivity contribution in [2.45, 2.75) is 38.1 Å². The first-order chi connectivity index (χ1) is 17.1. The predicted octanol–water partition coefficient (Wildman–Crippen LogP) is 4.77. The molecule has 9 heteroatoms. The molecule has 0 radical (unpaired) electrons. The Morgan fingerprint density at radius 2 is 1.97 bits per heavy atom. The number of sulfone groups is 1. The minimum absolute atomic E-state index is 0.00996. The Hall–Kier alpha value is -3.43. The SMILES string of the molecule is CCS(=O)(=O)c1cccc(-c2cc(NC(=O)CC(C)N(C)C)c(OC)c3[nH]c4ncc(C)cc4c23)c1. The number of ether oxygens (including phenoxy) is 1. The Bertz CT molecular complexity index is 1560. The number of aromatic amines is 1. The summed E-state index contributed by atoms with van der Waals surface area (Å²) in [6.45, 7) is 5.58. The van der Waals surface area contributed by atoms with Crippen molar-refractivity contribution in [3.05, 3.63) is 48.2 Å². The van der Waals surface area contributed by atoms with Crippen LogP contribution in [0.3, 0.4) is 0 Å². The minimum atomic E-state index is -3.40. The summed E-state index contributed by atoms with van der Waals surface area (Å²) in [7, 11) is 2.02. The largest absolute Gasteiger partial charge is 0.492 e. The maximum atomic E-state index is 12.9. The number of rotatable bonds is 8. The Kier molecular flexibility index (Phi) is 7.06. The molecule has 0 fully saturated rings. The molecule has 2 heterocycles. The van der Waals surface area contributed by atoms with Gasteiger partial charge in [-0.05, 0) is 68.9 Å². The summed E-state index contributed by atoms with van der Waals surface area (Å²) in [5, 5.41) is 4.75. The quantitative estimate of drug-likeness (QED) is 0.355. The van der Waals surface area contributed by atoms with Crippen molar-refractivity contribution in [2.75, 3.05) is 32.3 Å². The Morgan fingerprint density at radius 1 is 1.22 bits per heavy atom. The summed E-state index contributed by atoms with van der Waals surface area (Å²) in [4.78, 5) is 23.1. The van der Waals surface area contributed by atoms with Crippen LogP contribution in [0.4, 0.5) is 5.69 Å². The normalized spacial score (nSPS) is 12.9. The third-order valence-electron chi connectivity index (χ3n) is 6.54. The highest BCUT2D eigenvalue weighted by Gasteiger charge is 2.22. The lowest BCUT2D eigenvalue weighted by molar-refractivity contribution is -0.117. The first-order valence-electron chi connectivity index (χ1n) is 11.8. The van der Waals surface area contributed by atoms with Gasteiger partial charge in [-0.25, -0.2) is 13.4 Å². The van der Waals surface area contributed by atoms with Crippen LogP contribution in [0.25, 0.3) is 33.1 Å². The summed E-state index contributed by atoms with van der Waals surface area (Å²) in [6, 6.07) is 10.8. The molecular weight excluding hydrogens is 476 g/mol. The zero-order valence-corrected chi connectivity index (χ0v) is 22.3. The highest BCUT2D eigenvalue weighted by atomic mass is 32.2. The number of pyridine rings is 1. The van der Waals surface area contributed by atoms with Crippen molar-refractivity contribution in [1.29, 1.82) is 0 Å². The fourth-order valence-electron chi connectivity index (χ4n) is 4.25. The van der Waals surface area contributed by atoms with Crippen molar-refractivity contribution >= 4 is 43.4 Å². The van der Waals surface area contributed by atoms with Crippen molar-refractivity contribution in [3.8, 4) is 16.9 Å². The third kappa shape index (κ3) is 4.81. The van der Waals surface area contributed by atoms with Crippen LogP contribution in [-0.4, -0.2) is 62.2 Å². The van der Waals surface area contributed by atoms with E-state index in [1.54, 1.807) is 38.4 Å². The second kappa shape index (κ2) is 9.91. The Balaban J connectivity index is 1.99. The predicted molar refractivity (Wildman–Crippen MR) is 144 cm³/mol. The molecule has 190 valence electrons. The van der Waals surface area contributed by atoms with Crippen LogP contribution in [0.5, 0.6) is 5.75 Å². The molecule has 36 heavy (non-hydrogen) atoms. The van der Waals surface area contributed by atoms with E-state index in [4.69, 9.17) is 4.74 Å². The maximum absolute atomic E-state index is 12.9. The van der Waals surface area contributed by atoms with Gasteiger partial charge >= 0.3 is 0 Å². The molecular formula is C27H32N4O4S. The van der Waals surface area contributed by atoms with Crippen molar-refractivity contribution in [3.63, 3.8) is 0 Å². The molecule has 0 bridgehead atoms. The Labute approximate surface area is 211 Å². The monoisotopic (exact) mass is 508 g/mol. The summed E-state index contributed by atoms with van der Waals surface area (Å²) in [6.07, 6.45) is 2.09. The minimum Gasteiger partial charge on any atom is -0.492 e. The molecule has 2 N–H and O–H groups in total. The molecule has 4 aromatic rings. The summed E-state index contributed by atoms with van der Waals surface area (Å²) >= 11 is 0. The zero-order chi connectivity index (χ0) is 26.2. The van der Waals surface area contributed by atoms with Crippen LogP contribution in [0.15, 0.2) is 47.5 Å². The van der Waals surface area contributed by atoms with Gasteiger partial charge in [0.15, 0.2) is 15.6 Å². The molecule has 0 saturated carbocycles. The molecule has 0 aliphatic heterocycles. The van der Waals surface area contributed by atoms with Crippen LogP contribution in [0.1, 0.15) is 25.8 Å². The van der Waals surface area contributed by atoms with Crippen molar-refractivity contribution in [1.82, 2.24) is 14.9 Å². The summed E-state index contributed by atoms with van der Waals surface area (Å²) in [5.41, 5.74) is 4.35. The molecule has 0 spiro atoms. The first-order valence-corrected chi connectivity index (χ1v) is 13.5. The van der Waals surface area contributed by atoms with E-state index in [1.807, 2.05) is 51.0 Å². The van der Waals surface area contributed by atoms with E-state index < -0.39 is 9.84 Å². The standard InChI is InChI=1S/C27H32N4O4S/c1-7-36(33,34)19-10-8-9-18(13-19)20-14-22(29-23(32)12-17(3)31(4)5)26(35-6)25-24(20)21-11-16(2)15-28-27(21)30-25/h8-11,13-15,17H,7,12H2,1-6H3,(H,28,30)(H,29,32). The van der Waals surface area contributed by atoms with Gasteiger partial charge < -0.3 is 19.9 Å². The number of nitrogens with zero attached hydrogens (tertiary/aromatic N) is 2. The maximum Gasteiger partial charge on any atom is 0.226 e. The number of hydrogen-bond acceptors (Lipinski definition) is 6. The van der Waals surface area contributed by atoms with E-state index in [1.165, 1.54) is 0 Å². The van der Waals surface area contributed by atoms with E-state index in [-0.39, 0.29) is 22.6 Å². The number of carbonyl (C=O) groups excluding carboxylic acids is 1. The van der Waals surface area contributed by atoms with Crippen LogP contribution in [-0.2, 0) is 14.6 Å². The molecule has 0 saturated heterocycles. The smallest absolute Gasteiger partial charge is 0.226 e. The number of hydrogen-bond donors (Lipinski definition) is 2. The molecule has 2 aromatic carbocycles. The van der Waals surface area contributed by atoms with Gasteiger partial charge in [0.25, 0.3) is 0 Å². The number of anilines is 1. The number of H-pyrrole nitrogens is 1. The van der Waals surface area contributed by atoms with Gasteiger partial charge in [-0.2, -0.15) is 0 Å². The Morgan fingerprint density at radius 3 is 2.64 bits per heavy atom. The molecule has 1 unspecified atom stereocenters. The second-order valence-corrected chi connectivity index (χ2v) is 11.6.